The van der Waals surface area contributed by atoms with E-state index in [4.69, 9.17) is 4.98 Å². The number of rotatable bonds is 3. The number of urea groups is 1. The maximum atomic E-state index is 14.4. The minimum absolute atomic E-state index is 0.0737. The molecule has 1 aliphatic heterocycles. The summed E-state index contributed by atoms with van der Waals surface area (Å²) in [5.41, 5.74) is 2.11. The molecule has 0 aliphatic carbocycles. The number of halogens is 1. The molecule has 0 atom stereocenters. The Morgan fingerprint density at radius 1 is 0.903 bits per heavy atom. The molecular weight excluding hydrogens is 411 g/mol. The van der Waals surface area contributed by atoms with Crippen LogP contribution in [0.15, 0.2) is 72.1 Å². The SMILES string of the molecule is O=C(Nc1cccs1)N1CCN(c2ccc3cccc(-c4ccccc4F)c3n2)CC1. The van der Waals surface area contributed by atoms with Crippen molar-refractivity contribution in [2.45, 2.75) is 0 Å². The van der Waals surface area contributed by atoms with Crippen LogP contribution in [0.4, 0.5) is 20.0 Å². The Labute approximate surface area is 183 Å². The second-order valence-electron chi connectivity index (χ2n) is 7.41. The topological polar surface area (TPSA) is 48.5 Å². The zero-order chi connectivity index (χ0) is 21.2. The van der Waals surface area contributed by atoms with Gasteiger partial charge in [-0.15, -0.1) is 11.3 Å². The highest BCUT2D eigenvalue weighted by Crippen LogP contribution is 2.31. The maximum Gasteiger partial charge on any atom is 0.322 e. The third-order valence-corrected chi connectivity index (χ3v) is 6.30. The Bertz CT molecular complexity index is 1220. The molecule has 1 N–H and O–H groups in total. The van der Waals surface area contributed by atoms with E-state index in [-0.39, 0.29) is 11.8 Å². The summed E-state index contributed by atoms with van der Waals surface area (Å²) < 4.78 is 14.4. The van der Waals surface area contributed by atoms with Gasteiger partial charge in [0.15, 0.2) is 0 Å². The molecule has 0 bridgehead atoms. The lowest BCUT2D eigenvalue weighted by Crippen LogP contribution is -2.50. The molecule has 0 saturated carbocycles. The lowest BCUT2D eigenvalue weighted by molar-refractivity contribution is 0.208. The highest BCUT2D eigenvalue weighted by Gasteiger charge is 2.22. The van der Waals surface area contributed by atoms with Crippen LogP contribution in [0.2, 0.25) is 0 Å². The number of carbonyl (C=O) groups is 1. The smallest absolute Gasteiger partial charge is 0.322 e. The average Bonchev–Trinajstić information content (AvgIpc) is 3.32. The van der Waals surface area contributed by atoms with Crippen LogP contribution in [0, 0.1) is 5.82 Å². The number of fused-ring (bicyclic) bond motifs is 1. The number of thiophene rings is 1. The molecule has 5 rings (SSSR count). The van der Waals surface area contributed by atoms with Crippen molar-refractivity contribution in [2.24, 2.45) is 0 Å². The number of piperazine rings is 1. The van der Waals surface area contributed by atoms with Gasteiger partial charge in [-0.3, -0.25) is 5.32 Å². The summed E-state index contributed by atoms with van der Waals surface area (Å²) in [4.78, 5) is 21.4. The van der Waals surface area contributed by atoms with Gasteiger partial charge in [0.2, 0.25) is 0 Å². The van der Waals surface area contributed by atoms with E-state index in [1.165, 1.54) is 17.4 Å². The zero-order valence-electron chi connectivity index (χ0n) is 16.8. The molecule has 2 aromatic carbocycles. The standard InChI is InChI=1S/C24H21FN4OS/c25-20-8-2-1-6-18(20)19-7-3-5-17-10-11-21(26-23(17)19)28-12-14-29(15-13-28)24(30)27-22-9-4-16-31-22/h1-11,16H,12-15H2,(H,27,30). The minimum atomic E-state index is -0.257. The number of nitrogens with one attached hydrogen (secondary N) is 1. The quantitative estimate of drug-likeness (QED) is 0.468. The Hall–Kier alpha value is -3.45. The van der Waals surface area contributed by atoms with Crippen molar-refractivity contribution in [1.82, 2.24) is 9.88 Å². The highest BCUT2D eigenvalue weighted by molar-refractivity contribution is 7.14. The van der Waals surface area contributed by atoms with Gasteiger partial charge in [-0.05, 0) is 35.7 Å². The largest absolute Gasteiger partial charge is 0.353 e. The van der Waals surface area contributed by atoms with Crippen LogP contribution in [0.3, 0.4) is 0 Å². The number of benzene rings is 2. The van der Waals surface area contributed by atoms with Gasteiger partial charge in [-0.1, -0.05) is 36.4 Å². The van der Waals surface area contributed by atoms with Crippen LogP contribution in [-0.4, -0.2) is 42.1 Å². The number of anilines is 2. The zero-order valence-corrected chi connectivity index (χ0v) is 17.6. The molecule has 3 heterocycles. The fraction of sp³-hybridized carbons (Fsp3) is 0.167. The molecule has 4 aromatic rings. The Morgan fingerprint density at radius 3 is 2.48 bits per heavy atom. The maximum absolute atomic E-state index is 14.4. The van der Waals surface area contributed by atoms with Gasteiger partial charge in [0.1, 0.15) is 11.6 Å². The van der Waals surface area contributed by atoms with Crippen molar-refractivity contribution in [3.63, 3.8) is 0 Å². The molecule has 1 fully saturated rings. The summed E-state index contributed by atoms with van der Waals surface area (Å²) in [6.45, 7) is 2.62. The number of aromatic nitrogens is 1. The summed E-state index contributed by atoms with van der Waals surface area (Å²) in [5, 5.41) is 6.70. The number of pyridine rings is 1. The van der Waals surface area contributed by atoms with Crippen LogP contribution in [-0.2, 0) is 0 Å². The summed E-state index contributed by atoms with van der Waals surface area (Å²) in [5.74, 6) is 0.585. The Morgan fingerprint density at radius 2 is 1.71 bits per heavy atom. The molecule has 0 unspecified atom stereocenters. The lowest BCUT2D eigenvalue weighted by atomic mass is 10.0. The van der Waals surface area contributed by atoms with Crippen LogP contribution in [0.1, 0.15) is 0 Å². The number of para-hydroxylation sites is 1. The van der Waals surface area contributed by atoms with Crippen molar-refractivity contribution in [2.75, 3.05) is 36.4 Å². The molecule has 156 valence electrons. The molecule has 1 aliphatic rings. The van der Waals surface area contributed by atoms with Crippen molar-refractivity contribution in [1.29, 1.82) is 0 Å². The first kappa shape index (κ1) is 19.5. The van der Waals surface area contributed by atoms with Gasteiger partial charge in [0.25, 0.3) is 0 Å². The third kappa shape index (κ3) is 3.96. The second-order valence-corrected chi connectivity index (χ2v) is 8.36. The predicted octanol–water partition coefficient (Wildman–Crippen LogP) is 5.46. The number of hydrogen-bond acceptors (Lipinski definition) is 4. The highest BCUT2D eigenvalue weighted by atomic mass is 32.1. The average molecular weight is 433 g/mol. The van der Waals surface area contributed by atoms with E-state index in [1.807, 2.05) is 58.8 Å². The van der Waals surface area contributed by atoms with Gasteiger partial charge < -0.3 is 9.80 Å². The van der Waals surface area contributed by atoms with Gasteiger partial charge in [0, 0.05) is 42.7 Å². The van der Waals surface area contributed by atoms with Gasteiger partial charge in [-0.25, -0.2) is 14.2 Å². The van der Waals surface area contributed by atoms with Gasteiger partial charge in [0.05, 0.1) is 10.5 Å². The van der Waals surface area contributed by atoms with E-state index in [0.29, 0.717) is 31.7 Å². The molecule has 2 aromatic heterocycles. The minimum Gasteiger partial charge on any atom is -0.353 e. The van der Waals surface area contributed by atoms with Crippen LogP contribution in [0.5, 0.6) is 0 Å². The van der Waals surface area contributed by atoms with E-state index in [0.717, 1.165) is 27.3 Å². The predicted molar refractivity (Wildman–Crippen MR) is 124 cm³/mol. The van der Waals surface area contributed by atoms with Crippen molar-refractivity contribution >= 4 is 39.1 Å². The van der Waals surface area contributed by atoms with Crippen LogP contribution < -0.4 is 10.2 Å². The van der Waals surface area contributed by atoms with E-state index in [9.17, 15) is 9.18 Å². The Kier molecular flexibility index (Phi) is 5.26. The Balaban J connectivity index is 1.36. The van der Waals surface area contributed by atoms with Crippen LogP contribution >= 0.6 is 11.3 Å². The number of nitrogens with zero attached hydrogens (tertiary/aromatic N) is 3. The molecule has 1 saturated heterocycles. The van der Waals surface area contributed by atoms with E-state index in [2.05, 4.69) is 10.2 Å². The molecule has 2 amide bonds. The summed E-state index contributed by atoms with van der Waals surface area (Å²) in [6, 6.07) is 20.4. The summed E-state index contributed by atoms with van der Waals surface area (Å²) in [6.07, 6.45) is 0. The van der Waals surface area contributed by atoms with E-state index in [1.54, 1.807) is 12.1 Å². The number of amides is 2. The van der Waals surface area contributed by atoms with Gasteiger partial charge >= 0.3 is 6.03 Å². The van der Waals surface area contributed by atoms with Crippen LogP contribution in [0.25, 0.3) is 22.0 Å². The summed E-state index contributed by atoms with van der Waals surface area (Å²) in [7, 11) is 0. The molecule has 7 heteroatoms. The molecule has 5 nitrogen and oxygen atoms in total. The fourth-order valence-electron chi connectivity index (χ4n) is 3.88. The number of carbonyl (C=O) groups excluding carboxylic acids is 1. The first-order valence-electron chi connectivity index (χ1n) is 10.2. The monoisotopic (exact) mass is 432 g/mol. The van der Waals surface area contributed by atoms with Gasteiger partial charge in [-0.2, -0.15) is 0 Å². The molecular formula is C24H21FN4OS. The first-order valence-corrected chi connectivity index (χ1v) is 11.1. The van der Waals surface area contributed by atoms with Crippen molar-refractivity contribution < 1.29 is 9.18 Å². The van der Waals surface area contributed by atoms with Crippen molar-refractivity contribution in [3.8, 4) is 11.1 Å². The fourth-order valence-corrected chi connectivity index (χ4v) is 4.49. The molecule has 0 radical (unpaired) electrons. The third-order valence-electron chi connectivity index (χ3n) is 5.51. The molecule has 0 spiro atoms. The first-order chi connectivity index (χ1) is 15.2. The number of hydrogen-bond donors (Lipinski definition) is 1. The van der Waals surface area contributed by atoms with E-state index >= 15 is 0 Å². The normalized spacial score (nSPS) is 14.1. The summed E-state index contributed by atoms with van der Waals surface area (Å²) >= 11 is 1.51. The van der Waals surface area contributed by atoms with Crippen molar-refractivity contribution in [3.05, 3.63) is 77.9 Å². The lowest BCUT2D eigenvalue weighted by Gasteiger charge is -2.35. The van der Waals surface area contributed by atoms with E-state index < -0.39 is 0 Å². The molecule has 31 heavy (non-hydrogen) atoms. The second kappa shape index (κ2) is 8.35.